The van der Waals surface area contributed by atoms with Crippen molar-refractivity contribution < 1.29 is 4.42 Å². The molecule has 2 rings (SSSR count). The summed E-state index contributed by atoms with van der Waals surface area (Å²) in [5, 5.41) is 6.62. The van der Waals surface area contributed by atoms with E-state index in [0.29, 0.717) is 25.0 Å². The Morgan fingerprint density at radius 2 is 1.78 bits per heavy atom. The molecule has 7 heteroatoms. The summed E-state index contributed by atoms with van der Waals surface area (Å²) in [5.74, 6) is 2.25. The molecule has 1 heterocycles. The van der Waals surface area contributed by atoms with Gasteiger partial charge in [0, 0.05) is 26.2 Å². The van der Waals surface area contributed by atoms with Gasteiger partial charge in [-0.1, -0.05) is 24.3 Å². The molecule has 0 saturated carbocycles. The number of guanidine groups is 1. The van der Waals surface area contributed by atoms with E-state index in [0.717, 1.165) is 24.0 Å². The van der Waals surface area contributed by atoms with E-state index in [1.165, 1.54) is 11.1 Å². The highest BCUT2D eigenvalue weighted by atomic mass is 127. The number of halogens is 1. The van der Waals surface area contributed by atoms with Crippen LogP contribution in [0, 0.1) is 13.8 Å². The normalized spacial score (nSPS) is 11.6. The van der Waals surface area contributed by atoms with Gasteiger partial charge in [0.15, 0.2) is 5.96 Å². The molecule has 0 radical (unpaired) electrons. The molecule has 0 aliphatic carbocycles. The monoisotopic (exact) mass is 485 g/mol. The molecule has 0 unspecified atom stereocenters. The molecule has 0 amide bonds. The highest BCUT2D eigenvalue weighted by Gasteiger charge is 2.09. The molecule has 2 N–H and O–H groups in total. The Morgan fingerprint density at radius 1 is 1.15 bits per heavy atom. The van der Waals surface area contributed by atoms with Crippen molar-refractivity contribution >= 4 is 29.9 Å². The average molecular weight is 485 g/mol. The van der Waals surface area contributed by atoms with Crippen LogP contribution in [0.5, 0.6) is 0 Å². The third kappa shape index (κ3) is 7.14. The van der Waals surface area contributed by atoms with E-state index >= 15 is 0 Å². The van der Waals surface area contributed by atoms with E-state index in [1.54, 1.807) is 7.05 Å². The Balaban J connectivity index is 0.00000364. The van der Waals surface area contributed by atoms with Gasteiger partial charge < -0.3 is 15.1 Å². The summed E-state index contributed by atoms with van der Waals surface area (Å²) in [7, 11) is 3.91. The molecule has 0 atom stereocenters. The Kier molecular flexibility index (Phi) is 9.79. The fraction of sp³-hybridized carbons (Fsp3) is 0.500. The predicted molar refractivity (Wildman–Crippen MR) is 121 cm³/mol. The fourth-order valence-corrected chi connectivity index (χ4v) is 2.51. The lowest BCUT2D eigenvalue weighted by molar-refractivity contribution is 0.265. The third-order valence-electron chi connectivity index (χ3n) is 4.57. The summed E-state index contributed by atoms with van der Waals surface area (Å²) < 4.78 is 5.60. The first-order valence-corrected chi connectivity index (χ1v) is 9.05. The van der Waals surface area contributed by atoms with Gasteiger partial charge in [-0.05, 0) is 45.9 Å². The van der Waals surface area contributed by atoms with Crippen molar-refractivity contribution in [2.45, 2.75) is 53.4 Å². The highest BCUT2D eigenvalue weighted by Crippen LogP contribution is 2.12. The molecular weight excluding hydrogens is 453 g/mol. The zero-order valence-corrected chi connectivity index (χ0v) is 19.5. The maximum atomic E-state index is 5.60. The number of aliphatic imine (C=N–C) groups is 1. The van der Waals surface area contributed by atoms with Gasteiger partial charge in [-0.2, -0.15) is 0 Å². The topological polar surface area (TPSA) is 65.7 Å². The Bertz CT molecular complexity index is 722. The summed E-state index contributed by atoms with van der Waals surface area (Å²) in [6.45, 7) is 10.4. The summed E-state index contributed by atoms with van der Waals surface area (Å²) in [6.07, 6.45) is 0. The maximum Gasteiger partial charge on any atom is 0.214 e. The smallest absolute Gasteiger partial charge is 0.214 e. The van der Waals surface area contributed by atoms with Crippen LogP contribution in [0.3, 0.4) is 0 Å². The summed E-state index contributed by atoms with van der Waals surface area (Å²) >= 11 is 0. The maximum absolute atomic E-state index is 5.60. The van der Waals surface area contributed by atoms with Crippen molar-refractivity contribution in [2.24, 2.45) is 4.99 Å². The first-order valence-electron chi connectivity index (χ1n) is 9.05. The molecule has 2 aromatic rings. The molecule has 0 spiro atoms. The largest absolute Gasteiger partial charge is 0.444 e. The van der Waals surface area contributed by atoms with E-state index in [2.05, 4.69) is 70.7 Å². The Morgan fingerprint density at radius 3 is 2.33 bits per heavy atom. The van der Waals surface area contributed by atoms with Crippen LogP contribution in [0.15, 0.2) is 33.7 Å². The third-order valence-corrected chi connectivity index (χ3v) is 4.57. The van der Waals surface area contributed by atoms with Gasteiger partial charge >= 0.3 is 0 Å². The van der Waals surface area contributed by atoms with Crippen LogP contribution in [0.1, 0.15) is 42.3 Å². The van der Waals surface area contributed by atoms with Crippen LogP contribution in [0.2, 0.25) is 0 Å². The van der Waals surface area contributed by atoms with E-state index in [1.807, 2.05) is 13.8 Å². The molecule has 0 aliphatic heterocycles. The molecular formula is C20H32IN5O. The number of hydrogen-bond acceptors (Lipinski definition) is 4. The van der Waals surface area contributed by atoms with Crippen molar-refractivity contribution in [2.75, 3.05) is 14.1 Å². The molecule has 1 aromatic carbocycles. The predicted octanol–water partition coefficient (Wildman–Crippen LogP) is 3.61. The van der Waals surface area contributed by atoms with Gasteiger partial charge in [-0.3, -0.25) is 9.89 Å². The van der Waals surface area contributed by atoms with Crippen molar-refractivity contribution in [3.05, 3.63) is 52.7 Å². The minimum Gasteiger partial charge on any atom is -0.444 e. The van der Waals surface area contributed by atoms with Gasteiger partial charge in [-0.25, -0.2) is 4.98 Å². The molecule has 27 heavy (non-hydrogen) atoms. The van der Waals surface area contributed by atoms with Crippen molar-refractivity contribution in [1.29, 1.82) is 0 Å². The Labute approximate surface area is 179 Å². The highest BCUT2D eigenvalue weighted by molar-refractivity contribution is 14.0. The lowest BCUT2D eigenvalue weighted by Gasteiger charge is -2.23. The van der Waals surface area contributed by atoms with E-state index in [9.17, 15) is 0 Å². The molecule has 0 fully saturated rings. The number of aromatic nitrogens is 1. The molecule has 0 saturated heterocycles. The second kappa shape index (κ2) is 11.3. The lowest BCUT2D eigenvalue weighted by atomic mass is 10.1. The summed E-state index contributed by atoms with van der Waals surface area (Å²) in [5.41, 5.74) is 3.52. The fourth-order valence-electron chi connectivity index (χ4n) is 2.51. The van der Waals surface area contributed by atoms with Gasteiger partial charge in [0.05, 0.1) is 12.2 Å². The van der Waals surface area contributed by atoms with E-state index < -0.39 is 0 Å². The van der Waals surface area contributed by atoms with E-state index in [-0.39, 0.29) is 24.0 Å². The van der Waals surface area contributed by atoms with Gasteiger partial charge in [-0.15, -0.1) is 24.0 Å². The quantitative estimate of drug-likeness (QED) is 0.357. The number of nitrogens with zero attached hydrogens (tertiary/aromatic N) is 3. The second-order valence-corrected chi connectivity index (χ2v) is 6.81. The number of oxazole rings is 1. The van der Waals surface area contributed by atoms with Crippen LogP contribution in [-0.2, 0) is 19.6 Å². The van der Waals surface area contributed by atoms with Crippen LogP contribution in [0.25, 0.3) is 0 Å². The van der Waals surface area contributed by atoms with Crippen LogP contribution in [-0.4, -0.2) is 36.0 Å². The standard InChI is InChI=1S/C20H31N5O.HI/c1-14(2)25(6)13-18-10-8-7-9-17(18)11-22-20(21-5)23-12-19-24-15(3)16(4)26-19;/h7-10,14H,11-13H2,1-6H3,(H2,21,22,23);1H. The minimum absolute atomic E-state index is 0. The SMILES string of the molecule is CN=C(NCc1nc(C)c(C)o1)NCc1ccccc1CN(C)C(C)C.I. The first-order chi connectivity index (χ1) is 12.4. The number of hydrogen-bond donors (Lipinski definition) is 2. The molecule has 6 nitrogen and oxygen atoms in total. The number of benzene rings is 1. The van der Waals surface area contributed by atoms with Crippen LogP contribution >= 0.6 is 24.0 Å². The van der Waals surface area contributed by atoms with Crippen molar-refractivity contribution in [1.82, 2.24) is 20.5 Å². The van der Waals surface area contributed by atoms with Gasteiger partial charge in [0.2, 0.25) is 5.89 Å². The lowest BCUT2D eigenvalue weighted by Crippen LogP contribution is -2.36. The number of aryl methyl sites for hydroxylation is 2. The molecule has 0 aliphatic rings. The number of rotatable bonds is 7. The zero-order chi connectivity index (χ0) is 19.1. The molecule has 1 aromatic heterocycles. The van der Waals surface area contributed by atoms with Crippen molar-refractivity contribution in [3.8, 4) is 0 Å². The first kappa shape index (κ1) is 23.4. The zero-order valence-electron chi connectivity index (χ0n) is 17.2. The van der Waals surface area contributed by atoms with E-state index in [4.69, 9.17) is 4.42 Å². The molecule has 150 valence electrons. The molecule has 0 bridgehead atoms. The van der Waals surface area contributed by atoms with Crippen LogP contribution in [0.4, 0.5) is 0 Å². The Hall–Kier alpha value is -1.61. The van der Waals surface area contributed by atoms with Gasteiger partial charge in [0.25, 0.3) is 0 Å². The van der Waals surface area contributed by atoms with Gasteiger partial charge in [0.1, 0.15) is 5.76 Å². The van der Waals surface area contributed by atoms with Crippen LogP contribution < -0.4 is 10.6 Å². The minimum atomic E-state index is 0. The average Bonchev–Trinajstić information content (AvgIpc) is 2.94. The second-order valence-electron chi connectivity index (χ2n) is 6.81. The summed E-state index contributed by atoms with van der Waals surface area (Å²) in [6, 6.07) is 9.02. The van der Waals surface area contributed by atoms with Crippen molar-refractivity contribution in [3.63, 3.8) is 0 Å². The summed E-state index contributed by atoms with van der Waals surface area (Å²) in [4.78, 5) is 11.0. The number of nitrogens with one attached hydrogen (secondary N) is 2.